The lowest BCUT2D eigenvalue weighted by Crippen LogP contribution is -3.16. The Labute approximate surface area is 187 Å². The summed E-state index contributed by atoms with van der Waals surface area (Å²) in [6, 6.07) is 1.05. The van der Waals surface area contributed by atoms with Crippen molar-refractivity contribution in [2.45, 2.75) is 107 Å². The number of unbranched alkanes of at least 4 members (excludes halogenated alkanes) is 6. The second-order valence-corrected chi connectivity index (χ2v) is 9.70. The van der Waals surface area contributed by atoms with Gasteiger partial charge in [0.25, 0.3) is 0 Å². The summed E-state index contributed by atoms with van der Waals surface area (Å²) in [5, 5.41) is 36.3. The number of aliphatic imine (C=N–C) groups is 1. The number of hydrogen-bond acceptors (Lipinski definition) is 6. The van der Waals surface area contributed by atoms with Crippen LogP contribution in [0.4, 0.5) is 0 Å². The van der Waals surface area contributed by atoms with E-state index in [1.165, 1.54) is 30.6 Å². The molecule has 8 nitrogen and oxygen atoms in total. The van der Waals surface area contributed by atoms with Gasteiger partial charge in [0.1, 0.15) is 12.6 Å². The highest BCUT2D eigenvalue weighted by Crippen LogP contribution is 2.21. The van der Waals surface area contributed by atoms with E-state index in [0.717, 1.165) is 45.3 Å². The molecule has 2 aliphatic rings. The molecule has 31 heavy (non-hydrogen) atoms. The molecule has 1 fully saturated rings. The molecule has 8 heteroatoms. The van der Waals surface area contributed by atoms with Crippen molar-refractivity contribution in [2.24, 2.45) is 4.99 Å². The van der Waals surface area contributed by atoms with E-state index in [1.54, 1.807) is 7.05 Å². The summed E-state index contributed by atoms with van der Waals surface area (Å²) in [6.45, 7) is 4.20. The smallest absolute Gasteiger partial charge is 0.306 e. The van der Waals surface area contributed by atoms with E-state index in [1.807, 2.05) is 6.21 Å². The fourth-order valence-corrected chi connectivity index (χ4v) is 5.18. The Kier molecular flexibility index (Phi) is 11.4. The number of aliphatic hydroxyl groups is 2. The highest BCUT2D eigenvalue weighted by atomic mass is 16.4. The van der Waals surface area contributed by atoms with Crippen LogP contribution in [-0.2, 0) is 4.79 Å². The highest BCUT2D eigenvalue weighted by molar-refractivity contribution is 5.68. The first-order valence-corrected chi connectivity index (χ1v) is 12.2. The van der Waals surface area contributed by atoms with Crippen LogP contribution in [0.25, 0.3) is 0 Å². The quantitative estimate of drug-likeness (QED) is 0.204. The number of carboxylic acids is 1. The van der Waals surface area contributed by atoms with Crippen LogP contribution in [0.5, 0.6) is 0 Å². The third kappa shape index (κ3) is 9.14. The number of nitrogens with one attached hydrogen (secondary N) is 3. The minimum absolute atomic E-state index is 0.159. The first-order chi connectivity index (χ1) is 14.8. The molecule has 6 unspecified atom stereocenters. The zero-order valence-corrected chi connectivity index (χ0v) is 19.5. The van der Waals surface area contributed by atoms with Gasteiger partial charge >= 0.3 is 5.97 Å². The van der Waals surface area contributed by atoms with Crippen molar-refractivity contribution in [2.75, 3.05) is 26.8 Å². The highest BCUT2D eigenvalue weighted by Gasteiger charge is 2.39. The van der Waals surface area contributed by atoms with Crippen LogP contribution in [0.2, 0.25) is 0 Å². The number of aliphatic carboxylic acids is 1. The molecule has 6 N–H and O–H groups in total. The van der Waals surface area contributed by atoms with Gasteiger partial charge in [-0.25, -0.2) is 4.99 Å². The minimum atomic E-state index is -1.14. The first-order valence-electron chi connectivity index (χ1n) is 12.2. The molecule has 0 aromatic carbocycles. The van der Waals surface area contributed by atoms with Gasteiger partial charge in [0.2, 0.25) is 0 Å². The minimum Gasteiger partial charge on any atom is -0.481 e. The maximum Gasteiger partial charge on any atom is 0.306 e. The molecular weight excluding hydrogens is 396 g/mol. The third-order valence-corrected chi connectivity index (χ3v) is 6.98. The second-order valence-electron chi connectivity index (χ2n) is 9.70. The number of hydrogen-bond donors (Lipinski definition) is 6. The van der Waals surface area contributed by atoms with Gasteiger partial charge in [-0.2, -0.15) is 0 Å². The molecule has 0 bridgehead atoms. The molecule has 2 heterocycles. The number of aliphatic hydroxyl groups excluding tert-OH is 1. The van der Waals surface area contributed by atoms with Crippen molar-refractivity contribution in [1.29, 1.82) is 0 Å². The van der Waals surface area contributed by atoms with Crippen molar-refractivity contribution in [1.82, 2.24) is 10.6 Å². The Morgan fingerprint density at radius 1 is 1.23 bits per heavy atom. The number of nitrogens with zero attached hydrogens (tertiary/aromatic N) is 1. The van der Waals surface area contributed by atoms with Crippen LogP contribution in [0, 0.1) is 0 Å². The summed E-state index contributed by atoms with van der Waals surface area (Å²) >= 11 is 0. The van der Waals surface area contributed by atoms with E-state index in [2.05, 4.69) is 22.5 Å². The molecule has 0 radical (unpaired) electrons. The zero-order valence-electron chi connectivity index (χ0n) is 19.5. The molecule has 180 valence electrons. The summed E-state index contributed by atoms with van der Waals surface area (Å²) in [5.41, 5.74) is -1.14. The number of carboxylic acid groups (broad SMARTS) is 1. The maximum atomic E-state index is 11.0. The Balaban J connectivity index is 1.57. The number of likely N-dealkylation sites (N-methyl/N-ethyl adjacent to an activating group) is 1. The lowest BCUT2D eigenvalue weighted by atomic mass is 9.87. The molecule has 0 aromatic heterocycles. The van der Waals surface area contributed by atoms with Crippen molar-refractivity contribution in [3.05, 3.63) is 0 Å². The predicted octanol–water partition coefficient (Wildman–Crippen LogP) is 0.329. The molecule has 0 spiro atoms. The van der Waals surface area contributed by atoms with Gasteiger partial charge in [-0.05, 0) is 26.8 Å². The van der Waals surface area contributed by atoms with Gasteiger partial charge in [0, 0.05) is 19.0 Å². The summed E-state index contributed by atoms with van der Waals surface area (Å²) in [6.07, 6.45) is 11.9. The monoisotopic (exact) mass is 441 g/mol. The van der Waals surface area contributed by atoms with E-state index in [4.69, 9.17) is 5.11 Å². The van der Waals surface area contributed by atoms with Crippen LogP contribution in [0.15, 0.2) is 4.99 Å². The molecule has 2 aliphatic heterocycles. The lowest BCUT2D eigenvalue weighted by Gasteiger charge is -2.41. The molecule has 1 saturated heterocycles. The largest absolute Gasteiger partial charge is 0.481 e. The van der Waals surface area contributed by atoms with Gasteiger partial charge in [-0.15, -0.1) is 0 Å². The second kappa shape index (κ2) is 13.5. The molecule has 0 aromatic rings. The SMILES string of the molecule is CNCC(O)(CCCCCCCCCC1NC(C)C(O)CC1[NH+]1CC=NC1)CC(=O)O. The Morgan fingerprint density at radius 2 is 1.90 bits per heavy atom. The van der Waals surface area contributed by atoms with Gasteiger partial charge < -0.3 is 30.9 Å². The predicted molar refractivity (Wildman–Crippen MR) is 123 cm³/mol. The molecule has 6 atom stereocenters. The zero-order chi connectivity index (χ0) is 22.7. The average molecular weight is 442 g/mol. The molecule has 0 aliphatic carbocycles. The van der Waals surface area contributed by atoms with E-state index < -0.39 is 11.6 Å². The van der Waals surface area contributed by atoms with Gasteiger partial charge in [-0.1, -0.05) is 44.9 Å². The van der Waals surface area contributed by atoms with Crippen LogP contribution >= 0.6 is 0 Å². The summed E-state index contributed by atoms with van der Waals surface area (Å²) in [5.74, 6) is -0.949. The topological polar surface area (TPSA) is 119 Å². The van der Waals surface area contributed by atoms with Gasteiger partial charge in [0.05, 0.1) is 30.4 Å². The fourth-order valence-electron chi connectivity index (χ4n) is 5.18. The molecular formula is C23H45N4O4+. The summed E-state index contributed by atoms with van der Waals surface area (Å²) < 4.78 is 0. The van der Waals surface area contributed by atoms with Gasteiger partial charge in [0.15, 0.2) is 6.67 Å². The van der Waals surface area contributed by atoms with E-state index in [9.17, 15) is 15.0 Å². The number of rotatable bonds is 15. The number of piperidine rings is 1. The molecule has 0 saturated carbocycles. The standard InChI is InChI=1S/C23H44N4O4/c1-18-21(28)14-20(27-13-12-25-17-27)19(26-18)10-8-6-4-3-5-7-9-11-23(31,16-24-2)15-22(29)30/h12,18-21,24,26,28,31H,3-11,13-17H2,1-2H3,(H,29,30)/p+1. The Bertz CT molecular complexity index is 554. The molecule has 0 amide bonds. The van der Waals surface area contributed by atoms with Crippen molar-refractivity contribution >= 4 is 12.2 Å². The summed E-state index contributed by atoms with van der Waals surface area (Å²) in [7, 11) is 1.74. The number of quaternary nitrogens is 1. The van der Waals surface area contributed by atoms with Crippen molar-refractivity contribution in [3.8, 4) is 0 Å². The number of carbonyl (C=O) groups is 1. The van der Waals surface area contributed by atoms with Crippen molar-refractivity contribution < 1.29 is 25.0 Å². The molecule has 2 rings (SSSR count). The summed E-state index contributed by atoms with van der Waals surface area (Å²) in [4.78, 5) is 16.8. The van der Waals surface area contributed by atoms with E-state index in [0.29, 0.717) is 25.0 Å². The normalized spacial score (nSPS) is 30.4. The first kappa shape index (κ1) is 26.2. The van der Waals surface area contributed by atoms with Crippen LogP contribution in [0.3, 0.4) is 0 Å². The van der Waals surface area contributed by atoms with E-state index in [-0.39, 0.29) is 18.6 Å². The van der Waals surface area contributed by atoms with E-state index >= 15 is 0 Å². The third-order valence-electron chi connectivity index (χ3n) is 6.98. The van der Waals surface area contributed by atoms with Crippen LogP contribution < -0.4 is 15.5 Å². The average Bonchev–Trinajstić information content (AvgIpc) is 3.23. The maximum absolute atomic E-state index is 11.0. The van der Waals surface area contributed by atoms with Crippen molar-refractivity contribution in [3.63, 3.8) is 0 Å². The van der Waals surface area contributed by atoms with Crippen LogP contribution in [0.1, 0.15) is 77.6 Å². The fraction of sp³-hybridized carbons (Fsp3) is 0.913. The lowest BCUT2D eigenvalue weighted by molar-refractivity contribution is -0.914. The van der Waals surface area contributed by atoms with Crippen LogP contribution in [-0.4, -0.2) is 84.1 Å². The Morgan fingerprint density at radius 3 is 2.52 bits per heavy atom. The Hall–Kier alpha value is -1.06. The van der Waals surface area contributed by atoms with Gasteiger partial charge in [-0.3, -0.25) is 4.79 Å².